The van der Waals surface area contributed by atoms with Gasteiger partial charge in [-0.05, 0) is 29.7 Å². The molecule has 0 aliphatic rings. The molecular formula is C16H13N. The number of pyridine rings is 1. The van der Waals surface area contributed by atoms with Gasteiger partial charge in [0.05, 0.1) is 5.52 Å². The standard InChI is InChI=1S/C16H13N/c1-12-9-10-14(13-6-3-2-4-7-13)15-8-5-11-17-16(12)15/h2-11H,1H3. The maximum atomic E-state index is 4.47. The first-order valence-corrected chi connectivity index (χ1v) is 5.76. The van der Waals surface area contributed by atoms with Crippen molar-refractivity contribution in [2.24, 2.45) is 0 Å². The molecule has 0 unspecified atom stereocenters. The molecule has 0 atom stereocenters. The number of aromatic nitrogens is 1. The molecule has 1 heterocycles. The topological polar surface area (TPSA) is 12.9 Å². The van der Waals surface area contributed by atoms with E-state index < -0.39 is 0 Å². The lowest BCUT2D eigenvalue weighted by Crippen LogP contribution is -1.86. The van der Waals surface area contributed by atoms with E-state index in [9.17, 15) is 0 Å². The molecule has 1 nitrogen and oxygen atoms in total. The van der Waals surface area contributed by atoms with E-state index in [0.717, 1.165) is 5.52 Å². The molecular weight excluding hydrogens is 206 g/mol. The monoisotopic (exact) mass is 219 g/mol. The van der Waals surface area contributed by atoms with E-state index in [0.29, 0.717) is 0 Å². The molecule has 3 rings (SSSR count). The van der Waals surface area contributed by atoms with Crippen LogP contribution in [0.2, 0.25) is 0 Å². The minimum absolute atomic E-state index is 1.09. The van der Waals surface area contributed by atoms with Crippen LogP contribution in [0.1, 0.15) is 5.56 Å². The number of aryl methyl sites for hydroxylation is 1. The lowest BCUT2D eigenvalue weighted by molar-refractivity contribution is 1.37. The van der Waals surface area contributed by atoms with Crippen LogP contribution in [0.15, 0.2) is 60.8 Å². The summed E-state index contributed by atoms with van der Waals surface area (Å²) in [7, 11) is 0. The Hall–Kier alpha value is -2.15. The number of rotatable bonds is 1. The minimum Gasteiger partial charge on any atom is -0.256 e. The van der Waals surface area contributed by atoms with Crippen molar-refractivity contribution in [3.05, 3.63) is 66.4 Å². The Labute approximate surface area is 101 Å². The summed E-state index contributed by atoms with van der Waals surface area (Å²) < 4.78 is 0. The largest absolute Gasteiger partial charge is 0.256 e. The third-order valence-electron chi connectivity index (χ3n) is 3.06. The Bertz CT molecular complexity index is 657. The van der Waals surface area contributed by atoms with Crippen molar-refractivity contribution >= 4 is 10.9 Å². The Morgan fingerprint density at radius 1 is 0.824 bits per heavy atom. The number of benzene rings is 2. The maximum Gasteiger partial charge on any atom is 0.0737 e. The normalized spacial score (nSPS) is 10.6. The highest BCUT2D eigenvalue weighted by Crippen LogP contribution is 2.28. The van der Waals surface area contributed by atoms with Crippen molar-refractivity contribution in [3.8, 4) is 11.1 Å². The molecule has 1 heteroatoms. The zero-order chi connectivity index (χ0) is 11.7. The molecule has 0 aliphatic heterocycles. The van der Waals surface area contributed by atoms with Crippen molar-refractivity contribution in [3.63, 3.8) is 0 Å². The van der Waals surface area contributed by atoms with Gasteiger partial charge in [0.2, 0.25) is 0 Å². The SMILES string of the molecule is Cc1ccc(-c2ccccc2)c2cccnc12. The highest BCUT2D eigenvalue weighted by molar-refractivity contribution is 5.96. The Kier molecular flexibility index (Phi) is 2.37. The van der Waals surface area contributed by atoms with E-state index in [-0.39, 0.29) is 0 Å². The van der Waals surface area contributed by atoms with E-state index in [1.807, 2.05) is 18.3 Å². The molecule has 0 aliphatic carbocycles. The van der Waals surface area contributed by atoms with Crippen LogP contribution < -0.4 is 0 Å². The van der Waals surface area contributed by atoms with Gasteiger partial charge in [-0.25, -0.2) is 0 Å². The van der Waals surface area contributed by atoms with Gasteiger partial charge < -0.3 is 0 Å². The van der Waals surface area contributed by atoms with Crippen molar-refractivity contribution < 1.29 is 0 Å². The fourth-order valence-electron chi connectivity index (χ4n) is 2.18. The molecule has 0 radical (unpaired) electrons. The molecule has 0 spiro atoms. The zero-order valence-electron chi connectivity index (χ0n) is 9.72. The predicted molar refractivity (Wildman–Crippen MR) is 71.9 cm³/mol. The highest BCUT2D eigenvalue weighted by Gasteiger charge is 2.05. The van der Waals surface area contributed by atoms with Crippen LogP contribution in [0.3, 0.4) is 0 Å². The molecule has 17 heavy (non-hydrogen) atoms. The summed E-state index contributed by atoms with van der Waals surface area (Å²) in [5, 5.41) is 1.22. The summed E-state index contributed by atoms with van der Waals surface area (Å²) >= 11 is 0. The van der Waals surface area contributed by atoms with Crippen LogP contribution in [0.5, 0.6) is 0 Å². The van der Waals surface area contributed by atoms with E-state index in [1.54, 1.807) is 0 Å². The first-order chi connectivity index (χ1) is 8.36. The summed E-state index contributed by atoms with van der Waals surface area (Å²) in [6, 6.07) is 18.9. The molecule has 0 amide bonds. The van der Waals surface area contributed by atoms with Gasteiger partial charge in [-0.3, -0.25) is 4.98 Å². The Morgan fingerprint density at radius 3 is 2.47 bits per heavy atom. The summed E-state index contributed by atoms with van der Waals surface area (Å²) in [6.07, 6.45) is 1.85. The van der Waals surface area contributed by atoms with E-state index >= 15 is 0 Å². The van der Waals surface area contributed by atoms with Gasteiger partial charge in [-0.2, -0.15) is 0 Å². The number of fused-ring (bicyclic) bond motifs is 1. The number of hydrogen-bond acceptors (Lipinski definition) is 1. The van der Waals surface area contributed by atoms with Crippen molar-refractivity contribution in [1.82, 2.24) is 4.98 Å². The van der Waals surface area contributed by atoms with Crippen molar-refractivity contribution in [2.45, 2.75) is 6.92 Å². The summed E-state index contributed by atoms with van der Waals surface area (Å²) in [5.74, 6) is 0. The summed E-state index contributed by atoms with van der Waals surface area (Å²) in [6.45, 7) is 2.10. The lowest BCUT2D eigenvalue weighted by Gasteiger charge is -2.08. The molecule has 82 valence electrons. The van der Waals surface area contributed by atoms with Crippen molar-refractivity contribution in [2.75, 3.05) is 0 Å². The van der Waals surface area contributed by atoms with E-state index in [4.69, 9.17) is 0 Å². The van der Waals surface area contributed by atoms with Crippen molar-refractivity contribution in [1.29, 1.82) is 0 Å². The molecule has 1 aromatic heterocycles. The minimum atomic E-state index is 1.09. The van der Waals surface area contributed by atoms with Crippen LogP contribution in [0.25, 0.3) is 22.0 Å². The molecule has 3 aromatic rings. The first-order valence-electron chi connectivity index (χ1n) is 5.76. The van der Waals surface area contributed by atoms with E-state index in [2.05, 4.69) is 54.4 Å². The van der Waals surface area contributed by atoms with Gasteiger partial charge in [0.1, 0.15) is 0 Å². The summed E-state index contributed by atoms with van der Waals surface area (Å²) in [4.78, 5) is 4.47. The van der Waals surface area contributed by atoms with Gasteiger partial charge >= 0.3 is 0 Å². The van der Waals surface area contributed by atoms with Crippen LogP contribution in [-0.4, -0.2) is 4.98 Å². The smallest absolute Gasteiger partial charge is 0.0737 e. The van der Waals surface area contributed by atoms with Gasteiger partial charge in [-0.15, -0.1) is 0 Å². The first kappa shape index (κ1) is 10.0. The average molecular weight is 219 g/mol. The maximum absolute atomic E-state index is 4.47. The third kappa shape index (κ3) is 1.70. The van der Waals surface area contributed by atoms with Gasteiger partial charge in [0.25, 0.3) is 0 Å². The highest BCUT2D eigenvalue weighted by atomic mass is 14.6. The zero-order valence-corrected chi connectivity index (χ0v) is 9.72. The van der Waals surface area contributed by atoms with Crippen LogP contribution in [0.4, 0.5) is 0 Å². The van der Waals surface area contributed by atoms with E-state index in [1.165, 1.54) is 22.1 Å². The molecule has 0 N–H and O–H groups in total. The van der Waals surface area contributed by atoms with Gasteiger partial charge in [0.15, 0.2) is 0 Å². The molecule has 0 bridgehead atoms. The Balaban J connectivity index is 2.35. The average Bonchev–Trinajstić information content (AvgIpc) is 2.41. The number of nitrogens with zero attached hydrogens (tertiary/aromatic N) is 1. The summed E-state index contributed by atoms with van der Waals surface area (Å²) in [5.41, 5.74) is 4.80. The second-order valence-corrected chi connectivity index (χ2v) is 4.20. The lowest BCUT2D eigenvalue weighted by atomic mass is 9.98. The molecule has 2 aromatic carbocycles. The fourth-order valence-corrected chi connectivity index (χ4v) is 2.18. The Morgan fingerprint density at radius 2 is 1.65 bits per heavy atom. The molecule has 0 fully saturated rings. The van der Waals surface area contributed by atoms with Crippen LogP contribution in [-0.2, 0) is 0 Å². The molecule has 0 saturated carbocycles. The quantitative estimate of drug-likeness (QED) is 0.597. The van der Waals surface area contributed by atoms with Crippen LogP contribution in [0, 0.1) is 6.92 Å². The van der Waals surface area contributed by atoms with Gasteiger partial charge in [0, 0.05) is 11.6 Å². The van der Waals surface area contributed by atoms with Gasteiger partial charge in [-0.1, -0.05) is 48.5 Å². The fraction of sp³-hybridized carbons (Fsp3) is 0.0625. The second-order valence-electron chi connectivity index (χ2n) is 4.20. The predicted octanol–water partition coefficient (Wildman–Crippen LogP) is 4.21. The third-order valence-corrected chi connectivity index (χ3v) is 3.06. The van der Waals surface area contributed by atoms with Crippen LogP contribution >= 0.6 is 0 Å². The second kappa shape index (κ2) is 4.02. The number of hydrogen-bond donors (Lipinski definition) is 0. The molecule has 0 saturated heterocycles.